The van der Waals surface area contributed by atoms with Crippen LogP contribution in [0.25, 0.3) is 0 Å². The fourth-order valence-corrected chi connectivity index (χ4v) is 11.7. The van der Waals surface area contributed by atoms with Crippen molar-refractivity contribution in [1.29, 1.82) is 0 Å². The van der Waals surface area contributed by atoms with E-state index < -0.39 is 69.5 Å². The number of aliphatic hydroxyl groups is 1. The van der Waals surface area contributed by atoms with Gasteiger partial charge in [0.15, 0.2) is 0 Å². The highest BCUT2D eigenvalue weighted by Crippen LogP contribution is 2.61. The number of halogens is 3. The van der Waals surface area contributed by atoms with Gasteiger partial charge in [-0.2, -0.15) is 13.2 Å². The Morgan fingerprint density at radius 1 is 1.04 bits per heavy atom. The molecular formula is C47H64F3N7O8S2. The summed E-state index contributed by atoms with van der Waals surface area (Å²) in [4.78, 5) is 62.4. The van der Waals surface area contributed by atoms with E-state index in [1.165, 1.54) is 29.5 Å². The Hall–Kier alpha value is -4.47. The third-order valence-electron chi connectivity index (χ3n) is 13.6. The molecule has 5 N–H and O–H groups in total. The molecule has 4 amide bonds. The lowest BCUT2D eigenvalue weighted by atomic mass is 9.79. The van der Waals surface area contributed by atoms with Crippen LogP contribution in [0, 0.1) is 11.8 Å². The molecule has 67 heavy (non-hydrogen) atoms. The van der Waals surface area contributed by atoms with Crippen LogP contribution < -0.4 is 20.7 Å². The van der Waals surface area contributed by atoms with E-state index in [0.717, 1.165) is 43.9 Å². The van der Waals surface area contributed by atoms with Crippen LogP contribution in [-0.4, -0.2) is 115 Å². The van der Waals surface area contributed by atoms with E-state index in [2.05, 4.69) is 20.3 Å². The van der Waals surface area contributed by atoms with Crippen LogP contribution in [0.4, 0.5) is 18.9 Å². The summed E-state index contributed by atoms with van der Waals surface area (Å²) < 4.78 is 73.5. The number of alkyl halides is 3. The van der Waals surface area contributed by atoms with E-state index in [-0.39, 0.29) is 59.1 Å². The summed E-state index contributed by atoms with van der Waals surface area (Å²) in [7, 11) is -0.597. The van der Waals surface area contributed by atoms with Crippen LogP contribution in [0.1, 0.15) is 130 Å². The predicted molar refractivity (Wildman–Crippen MR) is 248 cm³/mol. The Kier molecular flexibility index (Phi) is 16.6. The summed E-state index contributed by atoms with van der Waals surface area (Å²) in [5.41, 5.74) is 0.462. The fourth-order valence-electron chi connectivity index (χ4n) is 9.66. The van der Waals surface area contributed by atoms with Gasteiger partial charge in [0.2, 0.25) is 21.8 Å². The van der Waals surface area contributed by atoms with E-state index in [9.17, 15) is 45.9 Å². The largest absolute Gasteiger partial charge is 0.471 e. The number of aliphatic hydroxyl groups excluding tert-OH is 1. The molecular weight excluding hydrogens is 912 g/mol. The molecule has 0 spiro atoms. The monoisotopic (exact) mass is 975 g/mol. The van der Waals surface area contributed by atoms with Crippen LogP contribution in [0.2, 0.25) is 0 Å². The number of sulfonamides is 1. The van der Waals surface area contributed by atoms with Gasteiger partial charge in [0.25, 0.3) is 5.91 Å². The van der Waals surface area contributed by atoms with Crippen molar-refractivity contribution in [3.8, 4) is 0 Å². The Bertz CT molecular complexity index is 2370. The van der Waals surface area contributed by atoms with Crippen LogP contribution in [0.5, 0.6) is 0 Å². The molecule has 6 rings (SSSR count). The molecule has 3 aromatic rings. The molecule has 9 atom stereocenters. The minimum atomic E-state index is -5.15. The van der Waals surface area contributed by atoms with Crippen molar-refractivity contribution in [2.45, 2.75) is 139 Å². The number of ether oxygens (including phenoxy) is 1. The predicted octanol–water partition coefficient (Wildman–Crippen LogP) is 6.19. The van der Waals surface area contributed by atoms with E-state index in [0.29, 0.717) is 30.0 Å². The fraction of sp³-hybridized carbons (Fsp3) is 0.596. The number of rotatable bonds is 20. The summed E-state index contributed by atoms with van der Waals surface area (Å²) in [6, 6.07) is 11.0. The van der Waals surface area contributed by atoms with Crippen molar-refractivity contribution < 1.29 is 50.6 Å². The smallest absolute Gasteiger partial charge is 0.377 e. The SMILES string of the molecule is CCO[C@H](C[C@H](C(C)C)N(C)C(=O)[C@@H](NC(O)[C@H]1CCCCN1C)[C@@H](C)CC)c1nc(C(=O)NC23C[C@@H](C(=O)NS(=O)(=O)Cc4cccc(NC(=O)C(F)(F)F)c4)c4ccccc4[C@@H]2C3)cs1. The van der Waals surface area contributed by atoms with E-state index in [1.807, 2.05) is 53.8 Å². The highest BCUT2D eigenvalue weighted by Gasteiger charge is 2.61. The Morgan fingerprint density at radius 3 is 2.42 bits per heavy atom. The van der Waals surface area contributed by atoms with Gasteiger partial charge < -0.3 is 25.4 Å². The molecule has 2 fully saturated rings. The van der Waals surface area contributed by atoms with Crippen molar-refractivity contribution >= 4 is 50.7 Å². The topological polar surface area (TPSA) is 199 Å². The zero-order valence-corrected chi connectivity index (χ0v) is 40.7. The zero-order valence-electron chi connectivity index (χ0n) is 39.1. The number of piperidine rings is 1. The number of nitrogens with zero attached hydrogens (tertiary/aromatic N) is 3. The minimum Gasteiger partial charge on any atom is -0.377 e. The standard InChI is InChI=1S/C47H64F3N7O8S2/c1-8-28(5)39(53-42(60)36-19-12-13-20-56(36)6)44(61)57(7)37(27(3)4)22-38(65-9-2)43-52-35(25-66-43)41(59)54-46-23-33(31-17-10-11-18-32(31)34(46)24-46)40(58)55-67(63,64)26-29-15-14-16-30(21-29)51-45(62)47(48,49)50/h10-11,14-18,21,25,27-28,33-34,36-39,42,53,60H,8-9,12-13,19-20,22-24,26H2,1-7H3,(H,51,62)(H,54,59)(H,55,58)/t28-,33+,34-,36+,37+,38+,39-,42?,46?/m0/s1. The van der Waals surface area contributed by atoms with Crippen molar-refractivity contribution in [2.24, 2.45) is 11.8 Å². The molecule has 2 aliphatic carbocycles. The number of carbonyl (C=O) groups is 4. The first-order valence-corrected chi connectivity index (χ1v) is 25.5. The lowest BCUT2D eigenvalue weighted by molar-refractivity contribution is -0.167. The van der Waals surface area contributed by atoms with Crippen molar-refractivity contribution in [3.63, 3.8) is 0 Å². The van der Waals surface area contributed by atoms with Gasteiger partial charge in [-0.3, -0.25) is 34.1 Å². The van der Waals surface area contributed by atoms with Gasteiger partial charge in [-0.25, -0.2) is 13.4 Å². The number of thiazole rings is 1. The summed E-state index contributed by atoms with van der Waals surface area (Å²) in [6.07, 6.45) is -1.93. The van der Waals surface area contributed by atoms with Gasteiger partial charge in [0.05, 0.1) is 17.7 Å². The summed E-state index contributed by atoms with van der Waals surface area (Å²) in [5.74, 6) is -5.56. The lowest BCUT2D eigenvalue weighted by Crippen LogP contribution is -2.59. The second-order valence-electron chi connectivity index (χ2n) is 18.7. The number of carbonyl (C=O) groups excluding carboxylic acids is 4. The van der Waals surface area contributed by atoms with Gasteiger partial charge in [-0.05, 0) is 86.9 Å². The molecule has 1 aromatic heterocycles. The lowest BCUT2D eigenvalue weighted by Gasteiger charge is -2.40. The van der Waals surface area contributed by atoms with E-state index in [1.54, 1.807) is 34.8 Å². The third kappa shape index (κ3) is 12.4. The Balaban J connectivity index is 1.13. The van der Waals surface area contributed by atoms with Crippen LogP contribution in [0.3, 0.4) is 0 Å². The molecule has 2 unspecified atom stereocenters. The van der Waals surface area contributed by atoms with Crippen LogP contribution >= 0.6 is 11.3 Å². The number of nitrogens with one attached hydrogen (secondary N) is 4. The second kappa shape index (κ2) is 21.4. The number of fused-ring (bicyclic) bond motifs is 3. The molecule has 3 aliphatic rings. The zero-order chi connectivity index (χ0) is 49.0. The normalized spacial score (nSPS) is 22.9. The number of amides is 4. The summed E-state index contributed by atoms with van der Waals surface area (Å²) in [6.45, 7) is 11.2. The number of hydrogen-bond acceptors (Lipinski definition) is 12. The van der Waals surface area contributed by atoms with Crippen molar-refractivity contribution in [2.75, 3.05) is 32.6 Å². The third-order valence-corrected chi connectivity index (χ3v) is 15.8. The average Bonchev–Trinajstić information content (AvgIpc) is 3.77. The molecule has 1 saturated heterocycles. The highest BCUT2D eigenvalue weighted by molar-refractivity contribution is 7.89. The van der Waals surface area contributed by atoms with Crippen LogP contribution in [0.15, 0.2) is 53.9 Å². The first kappa shape index (κ1) is 51.9. The molecule has 0 radical (unpaired) electrons. The minimum absolute atomic E-state index is 0.0129. The molecule has 20 heteroatoms. The number of likely N-dealkylation sites (tertiary alicyclic amines) is 1. The molecule has 2 heterocycles. The van der Waals surface area contributed by atoms with Gasteiger partial charge in [-0.1, -0.05) is 76.9 Å². The molecule has 15 nitrogen and oxygen atoms in total. The number of hydrogen-bond donors (Lipinski definition) is 5. The number of aromatic nitrogens is 1. The summed E-state index contributed by atoms with van der Waals surface area (Å²) >= 11 is 1.27. The van der Waals surface area contributed by atoms with E-state index >= 15 is 0 Å². The average molecular weight is 976 g/mol. The maximum Gasteiger partial charge on any atom is 0.471 e. The van der Waals surface area contributed by atoms with Crippen LogP contribution in [-0.2, 0) is 34.9 Å². The quantitative estimate of drug-likeness (QED) is 0.0810. The number of likely N-dealkylation sites (N-methyl/N-ethyl adjacent to an activating group) is 2. The molecule has 2 aromatic carbocycles. The van der Waals surface area contributed by atoms with Gasteiger partial charge in [0, 0.05) is 54.7 Å². The second-order valence-corrected chi connectivity index (χ2v) is 21.3. The molecule has 0 bridgehead atoms. The Labute approximate surface area is 395 Å². The molecule has 368 valence electrons. The number of benzene rings is 2. The van der Waals surface area contributed by atoms with Gasteiger partial charge in [0.1, 0.15) is 23.0 Å². The molecule has 1 aliphatic heterocycles. The summed E-state index contributed by atoms with van der Waals surface area (Å²) in [5, 5.41) is 21.7. The first-order valence-electron chi connectivity index (χ1n) is 23.0. The van der Waals surface area contributed by atoms with Crippen molar-refractivity contribution in [3.05, 3.63) is 81.3 Å². The Morgan fingerprint density at radius 2 is 1.76 bits per heavy atom. The van der Waals surface area contributed by atoms with Crippen molar-refractivity contribution in [1.82, 2.24) is 30.1 Å². The number of anilines is 1. The maximum absolute atomic E-state index is 14.4. The molecule has 1 saturated carbocycles. The maximum atomic E-state index is 14.4. The first-order chi connectivity index (χ1) is 31.6. The highest BCUT2D eigenvalue weighted by atomic mass is 32.2. The van der Waals surface area contributed by atoms with E-state index in [4.69, 9.17) is 9.72 Å². The van der Waals surface area contributed by atoms with Gasteiger partial charge >= 0.3 is 12.1 Å². The van der Waals surface area contributed by atoms with Gasteiger partial charge in [-0.15, -0.1) is 11.3 Å².